The molecule has 1 saturated carbocycles. The lowest BCUT2D eigenvalue weighted by Gasteiger charge is -2.55. The van der Waals surface area contributed by atoms with Crippen LogP contribution in [0.3, 0.4) is 0 Å². The number of carboxylic acid groups (broad SMARTS) is 1. The number of hydrogen-bond donors (Lipinski definition) is 1. The molecule has 5 rings (SSSR count). The molecule has 8 heteroatoms. The Balaban J connectivity index is 1.42. The van der Waals surface area contributed by atoms with Crippen LogP contribution < -0.4 is 4.74 Å². The van der Waals surface area contributed by atoms with E-state index in [2.05, 4.69) is 0 Å². The van der Waals surface area contributed by atoms with E-state index in [0.717, 1.165) is 24.2 Å². The number of amides is 1. The van der Waals surface area contributed by atoms with Crippen LogP contribution in [0.4, 0.5) is 8.78 Å². The smallest absolute Gasteiger partial charge is 0.303 e. The molecule has 4 atom stereocenters. The second kappa shape index (κ2) is 8.47. The van der Waals surface area contributed by atoms with Crippen LogP contribution in [0.5, 0.6) is 5.75 Å². The maximum Gasteiger partial charge on any atom is 0.303 e. The summed E-state index contributed by atoms with van der Waals surface area (Å²) in [6, 6.07) is 7.72. The van der Waals surface area contributed by atoms with Crippen molar-refractivity contribution in [2.24, 2.45) is 11.8 Å². The average molecular weight is 478 g/mol. The van der Waals surface area contributed by atoms with Gasteiger partial charge in [0, 0.05) is 43.2 Å². The number of halogens is 2. The third-order valence-corrected chi connectivity index (χ3v) is 8.61. The maximum absolute atomic E-state index is 13.7. The first-order valence-electron chi connectivity index (χ1n) is 12.4. The molecule has 4 aliphatic rings. The van der Waals surface area contributed by atoms with E-state index >= 15 is 0 Å². The quantitative estimate of drug-likeness (QED) is 0.663. The van der Waals surface area contributed by atoms with Crippen molar-refractivity contribution in [3.8, 4) is 5.75 Å². The SMILES string of the molecule is C[C@@]1(CCC(=O)O)Oc2ccccc2[C@@H]2OC[C@]3(CCCN3C(=O)C3CCC(F)(F)CC3)C[C@H]21. The summed E-state index contributed by atoms with van der Waals surface area (Å²) in [5.74, 6) is -3.35. The highest BCUT2D eigenvalue weighted by Crippen LogP contribution is 2.55. The van der Waals surface area contributed by atoms with Gasteiger partial charge in [0.15, 0.2) is 0 Å². The molecule has 1 spiro atoms. The molecule has 1 amide bonds. The highest BCUT2D eigenvalue weighted by atomic mass is 19.3. The molecule has 1 aromatic rings. The maximum atomic E-state index is 13.7. The number of fused-ring (bicyclic) bond motifs is 3. The van der Waals surface area contributed by atoms with Gasteiger partial charge in [-0.25, -0.2) is 8.78 Å². The normalized spacial score (nSPS) is 34.9. The van der Waals surface area contributed by atoms with Gasteiger partial charge in [0.25, 0.3) is 0 Å². The first-order valence-corrected chi connectivity index (χ1v) is 12.4. The Bertz CT molecular complexity index is 960. The zero-order valence-corrected chi connectivity index (χ0v) is 19.6. The molecule has 2 saturated heterocycles. The molecule has 34 heavy (non-hydrogen) atoms. The summed E-state index contributed by atoms with van der Waals surface area (Å²) in [4.78, 5) is 26.9. The largest absolute Gasteiger partial charge is 0.487 e. The molecule has 0 radical (unpaired) electrons. The van der Waals surface area contributed by atoms with E-state index in [1.54, 1.807) is 0 Å². The Labute approximate surface area is 198 Å². The standard InChI is InChI=1S/C26H33F2NO5/c1-24(11-9-21(30)31)19-15-25(16-33-22(19)18-5-2-3-6-20(18)34-24)10-4-14-29(25)23(32)17-7-12-26(27,28)13-8-17/h2-3,5-6,17,19,22H,4,7-16H2,1H3,(H,30,31)/t19-,22+,24+,25+/m1/s1. The Morgan fingerprint density at radius 1 is 1.18 bits per heavy atom. The summed E-state index contributed by atoms with van der Waals surface area (Å²) in [5.41, 5.74) is -0.298. The van der Waals surface area contributed by atoms with E-state index in [-0.39, 0.29) is 56.0 Å². The van der Waals surface area contributed by atoms with Crippen LogP contribution >= 0.6 is 0 Å². The first-order chi connectivity index (χ1) is 16.1. The third kappa shape index (κ3) is 4.08. The third-order valence-electron chi connectivity index (χ3n) is 8.61. The Kier molecular flexibility index (Phi) is 5.86. The second-order valence-corrected chi connectivity index (χ2v) is 10.8. The van der Waals surface area contributed by atoms with Crippen LogP contribution in [0.25, 0.3) is 0 Å². The van der Waals surface area contributed by atoms with E-state index in [9.17, 15) is 23.5 Å². The molecule has 0 unspecified atom stereocenters. The van der Waals surface area contributed by atoms with Gasteiger partial charge in [-0.2, -0.15) is 0 Å². The predicted octanol–water partition coefficient (Wildman–Crippen LogP) is 4.97. The molecular formula is C26H33F2NO5. The minimum absolute atomic E-state index is 0.0200. The van der Waals surface area contributed by atoms with Crippen molar-refractivity contribution in [1.29, 1.82) is 0 Å². The number of aliphatic carboxylic acids is 1. The molecule has 3 fully saturated rings. The highest BCUT2D eigenvalue weighted by Gasteiger charge is 2.58. The van der Waals surface area contributed by atoms with E-state index < -0.39 is 23.0 Å². The molecule has 6 nitrogen and oxygen atoms in total. The van der Waals surface area contributed by atoms with E-state index in [1.807, 2.05) is 36.1 Å². The topological polar surface area (TPSA) is 76.1 Å². The second-order valence-electron chi connectivity index (χ2n) is 10.8. The lowest BCUT2D eigenvalue weighted by atomic mass is 9.68. The van der Waals surface area contributed by atoms with Crippen molar-refractivity contribution in [1.82, 2.24) is 4.90 Å². The predicted molar refractivity (Wildman–Crippen MR) is 120 cm³/mol. The van der Waals surface area contributed by atoms with Gasteiger partial charge in [0.05, 0.1) is 18.2 Å². The van der Waals surface area contributed by atoms with E-state index in [0.29, 0.717) is 26.0 Å². The number of carbonyl (C=O) groups excluding carboxylic acids is 1. The number of ether oxygens (including phenoxy) is 2. The van der Waals surface area contributed by atoms with Gasteiger partial charge in [-0.15, -0.1) is 0 Å². The average Bonchev–Trinajstić information content (AvgIpc) is 3.20. The van der Waals surface area contributed by atoms with Crippen LogP contribution in [-0.2, 0) is 14.3 Å². The Morgan fingerprint density at radius 2 is 1.91 bits per heavy atom. The number of carbonyl (C=O) groups is 2. The highest BCUT2D eigenvalue weighted by molar-refractivity contribution is 5.80. The summed E-state index contributed by atoms with van der Waals surface area (Å²) in [6.07, 6.45) is 2.34. The molecule has 3 aliphatic heterocycles. The number of carboxylic acids is 1. The van der Waals surface area contributed by atoms with Gasteiger partial charge < -0.3 is 19.5 Å². The Morgan fingerprint density at radius 3 is 2.65 bits per heavy atom. The van der Waals surface area contributed by atoms with Gasteiger partial charge in [0.2, 0.25) is 11.8 Å². The number of benzene rings is 1. The number of alkyl halides is 2. The zero-order chi connectivity index (χ0) is 24.1. The lowest BCUT2D eigenvalue weighted by molar-refractivity contribution is -0.182. The number of hydrogen-bond acceptors (Lipinski definition) is 4. The van der Waals surface area contributed by atoms with Crippen LogP contribution in [0.15, 0.2) is 24.3 Å². The fourth-order valence-corrected chi connectivity index (χ4v) is 6.66. The summed E-state index contributed by atoms with van der Waals surface area (Å²) in [6.45, 7) is 2.96. The molecule has 0 bridgehead atoms. The van der Waals surface area contributed by atoms with Gasteiger partial charge in [-0.3, -0.25) is 9.59 Å². The van der Waals surface area contributed by atoms with Crippen molar-refractivity contribution in [2.75, 3.05) is 13.2 Å². The van der Waals surface area contributed by atoms with Crippen molar-refractivity contribution in [3.05, 3.63) is 29.8 Å². The molecule has 3 heterocycles. The Hall–Kier alpha value is -2.22. The van der Waals surface area contributed by atoms with Crippen molar-refractivity contribution in [2.45, 2.75) is 87.9 Å². The van der Waals surface area contributed by atoms with Gasteiger partial charge in [-0.05, 0) is 51.5 Å². The number of nitrogens with zero attached hydrogens (tertiary/aromatic N) is 1. The fraction of sp³-hybridized carbons (Fsp3) is 0.692. The molecule has 0 aromatic heterocycles. The van der Waals surface area contributed by atoms with Gasteiger partial charge in [0.1, 0.15) is 11.4 Å². The minimum atomic E-state index is -2.67. The van der Waals surface area contributed by atoms with Crippen molar-refractivity contribution in [3.63, 3.8) is 0 Å². The number of likely N-dealkylation sites (tertiary alicyclic amines) is 1. The fourth-order valence-electron chi connectivity index (χ4n) is 6.66. The molecule has 1 aliphatic carbocycles. The van der Waals surface area contributed by atoms with Crippen LogP contribution in [0, 0.1) is 11.8 Å². The van der Waals surface area contributed by atoms with Crippen molar-refractivity contribution < 1.29 is 33.0 Å². The van der Waals surface area contributed by atoms with Crippen molar-refractivity contribution >= 4 is 11.9 Å². The monoisotopic (exact) mass is 477 g/mol. The zero-order valence-electron chi connectivity index (χ0n) is 19.6. The summed E-state index contributed by atoms with van der Waals surface area (Å²) < 4.78 is 40.3. The van der Waals surface area contributed by atoms with E-state index in [4.69, 9.17) is 9.47 Å². The number of rotatable bonds is 4. The summed E-state index contributed by atoms with van der Waals surface area (Å²) in [5, 5.41) is 9.36. The van der Waals surface area contributed by atoms with Gasteiger partial charge in [-0.1, -0.05) is 18.2 Å². The minimum Gasteiger partial charge on any atom is -0.487 e. The molecule has 1 aromatic carbocycles. The molecule has 1 N–H and O–H groups in total. The van der Waals surface area contributed by atoms with Crippen LogP contribution in [0.1, 0.15) is 76.4 Å². The van der Waals surface area contributed by atoms with Crippen LogP contribution in [0.2, 0.25) is 0 Å². The van der Waals surface area contributed by atoms with Gasteiger partial charge >= 0.3 is 5.97 Å². The van der Waals surface area contributed by atoms with Crippen LogP contribution in [-0.4, -0.2) is 52.1 Å². The first kappa shape index (κ1) is 23.5. The summed E-state index contributed by atoms with van der Waals surface area (Å²) in [7, 11) is 0. The lowest BCUT2D eigenvalue weighted by Crippen LogP contribution is -2.61. The number of para-hydroxylation sites is 1. The molecule has 186 valence electrons. The molecular weight excluding hydrogens is 444 g/mol. The van der Waals surface area contributed by atoms with E-state index in [1.165, 1.54) is 0 Å². The summed E-state index contributed by atoms with van der Waals surface area (Å²) >= 11 is 0.